The van der Waals surface area contributed by atoms with Gasteiger partial charge in [-0.2, -0.15) is 4.98 Å². The Bertz CT molecular complexity index is 770. The predicted molar refractivity (Wildman–Crippen MR) is 87.0 cm³/mol. The van der Waals surface area contributed by atoms with Crippen LogP contribution in [0.15, 0.2) is 33.9 Å². The number of rotatable bonds is 6. The highest BCUT2D eigenvalue weighted by Gasteiger charge is 2.13. The summed E-state index contributed by atoms with van der Waals surface area (Å²) in [6.07, 6.45) is 0. The molecule has 2 heterocycles. The zero-order valence-electron chi connectivity index (χ0n) is 12.7. The first kappa shape index (κ1) is 15.9. The van der Waals surface area contributed by atoms with Gasteiger partial charge in [-0.05, 0) is 40.6 Å². The third-order valence-corrected chi connectivity index (χ3v) is 4.13. The monoisotopic (exact) mass is 350 g/mol. The lowest BCUT2D eigenvalue weighted by Crippen LogP contribution is -2.07. The molecule has 1 aromatic carbocycles. The molecule has 0 spiro atoms. The second-order valence-electron chi connectivity index (χ2n) is 5.34. The van der Waals surface area contributed by atoms with Crippen LogP contribution in [0.5, 0.6) is 0 Å². The van der Waals surface area contributed by atoms with E-state index >= 15 is 0 Å². The average molecular weight is 351 g/mol. The van der Waals surface area contributed by atoms with E-state index in [1.165, 1.54) is 11.8 Å². The minimum absolute atomic E-state index is 0.470. The fourth-order valence-corrected chi connectivity index (χ4v) is 2.77. The largest absolute Gasteiger partial charge is 0.338 e. The van der Waals surface area contributed by atoms with Crippen LogP contribution in [0.3, 0.4) is 0 Å². The fraction of sp³-hybridized carbons (Fsp3) is 0.357. The van der Waals surface area contributed by atoms with Crippen molar-refractivity contribution >= 4 is 23.4 Å². The number of hydrogen-bond acceptors (Lipinski definition) is 7. The van der Waals surface area contributed by atoms with E-state index < -0.39 is 0 Å². The van der Waals surface area contributed by atoms with Gasteiger partial charge in [-0.25, -0.2) is 4.68 Å². The number of tetrazole rings is 1. The SMILES string of the molecule is CC(C)Cn1nnnc1SCc1nc(-c2ccc(Cl)cc2)no1. The molecule has 23 heavy (non-hydrogen) atoms. The van der Waals surface area contributed by atoms with Crippen LogP contribution in [0.4, 0.5) is 0 Å². The van der Waals surface area contributed by atoms with Crippen molar-refractivity contribution in [2.24, 2.45) is 5.92 Å². The molecule has 120 valence electrons. The van der Waals surface area contributed by atoms with Gasteiger partial charge in [-0.1, -0.05) is 42.4 Å². The molecule has 7 nitrogen and oxygen atoms in total. The molecule has 0 saturated carbocycles. The molecule has 0 bridgehead atoms. The van der Waals surface area contributed by atoms with Crippen LogP contribution in [0, 0.1) is 5.92 Å². The van der Waals surface area contributed by atoms with Crippen LogP contribution in [-0.2, 0) is 12.3 Å². The van der Waals surface area contributed by atoms with Crippen molar-refractivity contribution in [3.05, 3.63) is 35.2 Å². The Morgan fingerprint density at radius 3 is 2.78 bits per heavy atom. The van der Waals surface area contributed by atoms with Gasteiger partial charge in [0.05, 0.1) is 5.75 Å². The van der Waals surface area contributed by atoms with Crippen molar-refractivity contribution < 1.29 is 4.52 Å². The Hall–Kier alpha value is -1.93. The third kappa shape index (κ3) is 4.08. The summed E-state index contributed by atoms with van der Waals surface area (Å²) < 4.78 is 7.06. The lowest BCUT2D eigenvalue weighted by molar-refractivity contribution is 0.391. The Kier molecular flexibility index (Phi) is 4.92. The number of halogens is 1. The van der Waals surface area contributed by atoms with Crippen molar-refractivity contribution in [2.45, 2.75) is 31.3 Å². The number of hydrogen-bond donors (Lipinski definition) is 0. The summed E-state index contributed by atoms with van der Waals surface area (Å²) in [6.45, 7) is 5.01. The Morgan fingerprint density at radius 2 is 2.04 bits per heavy atom. The van der Waals surface area contributed by atoms with E-state index in [1.807, 2.05) is 12.1 Å². The maximum absolute atomic E-state index is 5.87. The van der Waals surface area contributed by atoms with Crippen molar-refractivity contribution in [3.8, 4) is 11.4 Å². The van der Waals surface area contributed by atoms with Crippen LogP contribution >= 0.6 is 23.4 Å². The van der Waals surface area contributed by atoms with E-state index in [9.17, 15) is 0 Å². The van der Waals surface area contributed by atoms with Gasteiger partial charge >= 0.3 is 0 Å². The van der Waals surface area contributed by atoms with E-state index in [0.717, 1.165) is 17.3 Å². The Labute approximate surface area is 142 Å². The second kappa shape index (κ2) is 7.10. The molecule has 0 fully saturated rings. The highest BCUT2D eigenvalue weighted by atomic mass is 35.5. The molecule has 3 rings (SSSR count). The fourth-order valence-electron chi connectivity index (χ4n) is 1.92. The molecule has 0 aliphatic carbocycles. The minimum Gasteiger partial charge on any atom is -0.338 e. The lowest BCUT2D eigenvalue weighted by Gasteiger charge is -2.05. The highest BCUT2D eigenvalue weighted by molar-refractivity contribution is 7.98. The summed E-state index contributed by atoms with van der Waals surface area (Å²) in [7, 11) is 0. The predicted octanol–water partition coefficient (Wildman–Crippen LogP) is 3.32. The van der Waals surface area contributed by atoms with Crippen molar-refractivity contribution in [3.63, 3.8) is 0 Å². The zero-order valence-corrected chi connectivity index (χ0v) is 14.3. The molecule has 0 aliphatic rings. The second-order valence-corrected chi connectivity index (χ2v) is 6.72. The van der Waals surface area contributed by atoms with E-state index in [2.05, 4.69) is 39.5 Å². The van der Waals surface area contributed by atoms with Gasteiger partial charge in [0.15, 0.2) is 0 Å². The summed E-state index contributed by atoms with van der Waals surface area (Å²) in [5.74, 6) is 2.05. The van der Waals surface area contributed by atoms with Gasteiger partial charge in [0.2, 0.25) is 16.9 Å². The quantitative estimate of drug-likeness (QED) is 0.630. The number of benzene rings is 1. The van der Waals surface area contributed by atoms with Gasteiger partial charge in [0.25, 0.3) is 0 Å². The molecule has 0 atom stereocenters. The summed E-state index contributed by atoms with van der Waals surface area (Å²) >= 11 is 7.34. The summed E-state index contributed by atoms with van der Waals surface area (Å²) in [5, 5.41) is 17.1. The molecule has 3 aromatic rings. The lowest BCUT2D eigenvalue weighted by atomic mass is 10.2. The van der Waals surface area contributed by atoms with E-state index in [-0.39, 0.29) is 0 Å². The number of nitrogens with zero attached hydrogens (tertiary/aromatic N) is 6. The average Bonchev–Trinajstić information content (AvgIpc) is 3.15. The van der Waals surface area contributed by atoms with Gasteiger partial charge in [0, 0.05) is 17.1 Å². The number of aromatic nitrogens is 6. The summed E-state index contributed by atoms with van der Waals surface area (Å²) in [5.41, 5.74) is 0.860. The topological polar surface area (TPSA) is 82.5 Å². The zero-order chi connectivity index (χ0) is 16.2. The first-order valence-electron chi connectivity index (χ1n) is 7.09. The highest BCUT2D eigenvalue weighted by Crippen LogP contribution is 2.23. The standard InChI is InChI=1S/C14H15ClN6OS/c1-9(2)7-21-14(17-19-20-21)23-8-12-16-13(18-22-12)10-3-5-11(15)6-4-10/h3-6,9H,7-8H2,1-2H3. The van der Waals surface area contributed by atoms with Crippen LogP contribution in [-0.4, -0.2) is 30.3 Å². The van der Waals surface area contributed by atoms with Gasteiger partial charge in [-0.3, -0.25) is 0 Å². The molecule has 0 saturated heterocycles. The Morgan fingerprint density at radius 1 is 1.26 bits per heavy atom. The van der Waals surface area contributed by atoms with E-state index in [1.54, 1.807) is 16.8 Å². The molecular weight excluding hydrogens is 336 g/mol. The molecule has 0 aliphatic heterocycles. The normalized spacial score (nSPS) is 11.3. The maximum atomic E-state index is 5.87. The van der Waals surface area contributed by atoms with Crippen molar-refractivity contribution in [2.75, 3.05) is 0 Å². The molecule has 0 amide bonds. The van der Waals surface area contributed by atoms with E-state index in [0.29, 0.717) is 28.4 Å². The first-order valence-corrected chi connectivity index (χ1v) is 8.45. The summed E-state index contributed by atoms with van der Waals surface area (Å²) in [4.78, 5) is 4.38. The van der Waals surface area contributed by atoms with Gasteiger partial charge in [0.1, 0.15) is 0 Å². The van der Waals surface area contributed by atoms with Gasteiger partial charge in [-0.15, -0.1) is 5.10 Å². The minimum atomic E-state index is 0.470. The van der Waals surface area contributed by atoms with Crippen molar-refractivity contribution in [1.82, 2.24) is 30.3 Å². The Balaban J connectivity index is 1.66. The first-order chi connectivity index (χ1) is 11.1. The molecular formula is C14H15ClN6OS. The van der Waals surface area contributed by atoms with Gasteiger partial charge < -0.3 is 4.52 Å². The van der Waals surface area contributed by atoms with Crippen LogP contribution in [0.1, 0.15) is 19.7 Å². The molecule has 9 heteroatoms. The van der Waals surface area contributed by atoms with E-state index in [4.69, 9.17) is 16.1 Å². The maximum Gasteiger partial charge on any atom is 0.237 e. The van der Waals surface area contributed by atoms with Crippen molar-refractivity contribution in [1.29, 1.82) is 0 Å². The third-order valence-electron chi connectivity index (χ3n) is 2.93. The summed E-state index contributed by atoms with van der Waals surface area (Å²) in [6, 6.07) is 7.30. The number of thioether (sulfide) groups is 1. The molecule has 2 aromatic heterocycles. The molecule has 0 unspecified atom stereocenters. The molecule has 0 radical (unpaired) electrons. The molecule has 0 N–H and O–H groups in total. The van der Waals surface area contributed by atoms with Crippen LogP contribution in [0.25, 0.3) is 11.4 Å². The van der Waals surface area contributed by atoms with Crippen LogP contribution < -0.4 is 0 Å². The van der Waals surface area contributed by atoms with Crippen LogP contribution in [0.2, 0.25) is 5.02 Å². The smallest absolute Gasteiger partial charge is 0.237 e.